The summed E-state index contributed by atoms with van der Waals surface area (Å²) in [5.74, 6) is 0.299. The summed E-state index contributed by atoms with van der Waals surface area (Å²) in [6.45, 7) is 2.01. The van der Waals surface area contributed by atoms with Crippen LogP contribution in [0.3, 0.4) is 0 Å². The molecule has 0 aliphatic heterocycles. The average molecular weight is 340 g/mol. The van der Waals surface area contributed by atoms with Crippen molar-refractivity contribution in [2.24, 2.45) is 0 Å². The molecule has 0 aliphatic rings. The number of amides is 1. The van der Waals surface area contributed by atoms with Gasteiger partial charge in [0, 0.05) is 30.8 Å². The molecule has 3 rings (SSSR count). The first-order valence-corrected chi connectivity index (χ1v) is 7.67. The van der Waals surface area contributed by atoms with Gasteiger partial charge >= 0.3 is 5.97 Å². The van der Waals surface area contributed by atoms with Crippen LogP contribution in [0.15, 0.2) is 47.0 Å². The molecule has 7 heteroatoms. The quantitative estimate of drug-likeness (QED) is 0.718. The molecule has 1 aromatic carbocycles. The molecule has 3 aromatic rings. The van der Waals surface area contributed by atoms with Crippen LogP contribution in [0.5, 0.6) is 11.5 Å². The van der Waals surface area contributed by atoms with Crippen LogP contribution in [0.1, 0.15) is 28.0 Å². The standard InChI is InChI=1S/C18H16N2O5/c1-3-23-18(22)16-8-11-4-5-12(10-15(11)25-16)24-13-6-7-20-14(9-13)17(21)19-2/h4-10H,3H2,1-2H3,(H,19,21). The molecule has 2 aromatic heterocycles. The van der Waals surface area contributed by atoms with Crippen molar-refractivity contribution in [3.63, 3.8) is 0 Å². The fraction of sp³-hybridized carbons (Fsp3) is 0.167. The van der Waals surface area contributed by atoms with E-state index in [1.807, 2.05) is 0 Å². The van der Waals surface area contributed by atoms with Crippen LogP contribution in [0.25, 0.3) is 11.0 Å². The molecule has 7 nitrogen and oxygen atoms in total. The second kappa shape index (κ2) is 7.04. The number of hydrogen-bond donors (Lipinski definition) is 1. The van der Waals surface area contributed by atoms with Gasteiger partial charge in [0.2, 0.25) is 5.76 Å². The van der Waals surface area contributed by atoms with Crippen molar-refractivity contribution in [1.29, 1.82) is 0 Å². The fourth-order valence-corrected chi connectivity index (χ4v) is 2.24. The highest BCUT2D eigenvalue weighted by Crippen LogP contribution is 2.28. The Hall–Kier alpha value is -3.35. The monoisotopic (exact) mass is 340 g/mol. The Labute approximate surface area is 143 Å². The van der Waals surface area contributed by atoms with Crippen molar-refractivity contribution in [2.75, 3.05) is 13.7 Å². The number of hydrogen-bond acceptors (Lipinski definition) is 6. The summed E-state index contributed by atoms with van der Waals surface area (Å²) in [4.78, 5) is 27.3. The molecule has 0 aliphatic carbocycles. The summed E-state index contributed by atoms with van der Waals surface area (Å²) < 4.78 is 16.2. The van der Waals surface area contributed by atoms with Crippen molar-refractivity contribution in [2.45, 2.75) is 6.92 Å². The number of nitrogens with zero attached hydrogens (tertiary/aromatic N) is 1. The molecule has 0 unspecified atom stereocenters. The second-order valence-corrected chi connectivity index (χ2v) is 5.09. The zero-order valence-electron chi connectivity index (χ0n) is 13.7. The highest BCUT2D eigenvalue weighted by molar-refractivity contribution is 5.93. The van der Waals surface area contributed by atoms with Gasteiger partial charge in [-0.25, -0.2) is 4.79 Å². The smallest absolute Gasteiger partial charge is 0.374 e. The molecule has 0 fully saturated rings. The third kappa shape index (κ3) is 3.60. The predicted molar refractivity (Wildman–Crippen MR) is 89.9 cm³/mol. The Kier molecular flexibility index (Phi) is 4.65. The van der Waals surface area contributed by atoms with E-state index in [-0.39, 0.29) is 24.0 Å². The minimum atomic E-state index is -0.509. The Morgan fingerprint density at radius 3 is 2.72 bits per heavy atom. The molecule has 0 atom stereocenters. The number of carbonyl (C=O) groups is 2. The van der Waals surface area contributed by atoms with E-state index in [0.29, 0.717) is 17.1 Å². The van der Waals surface area contributed by atoms with Crippen LogP contribution in [0.4, 0.5) is 0 Å². The molecule has 2 heterocycles. The number of benzene rings is 1. The molecule has 0 bridgehead atoms. The van der Waals surface area contributed by atoms with Gasteiger partial charge in [0.1, 0.15) is 22.8 Å². The maximum Gasteiger partial charge on any atom is 0.374 e. The molecule has 0 saturated heterocycles. The van der Waals surface area contributed by atoms with Gasteiger partial charge in [-0.15, -0.1) is 0 Å². The first-order chi connectivity index (χ1) is 12.1. The van der Waals surface area contributed by atoms with Gasteiger partial charge in [0.05, 0.1) is 6.61 Å². The van der Waals surface area contributed by atoms with E-state index in [1.54, 1.807) is 37.3 Å². The van der Waals surface area contributed by atoms with Crippen molar-refractivity contribution < 1.29 is 23.5 Å². The zero-order chi connectivity index (χ0) is 17.8. The van der Waals surface area contributed by atoms with Gasteiger partial charge < -0.3 is 19.2 Å². The molecule has 0 radical (unpaired) electrons. The summed E-state index contributed by atoms with van der Waals surface area (Å²) in [5, 5.41) is 3.26. The van der Waals surface area contributed by atoms with E-state index in [0.717, 1.165) is 5.39 Å². The molecule has 128 valence electrons. The zero-order valence-corrected chi connectivity index (χ0v) is 13.7. The molecule has 25 heavy (non-hydrogen) atoms. The molecule has 0 saturated carbocycles. The lowest BCUT2D eigenvalue weighted by Crippen LogP contribution is -2.18. The minimum absolute atomic E-state index is 0.139. The third-order valence-electron chi connectivity index (χ3n) is 3.39. The van der Waals surface area contributed by atoms with Gasteiger partial charge in [-0.1, -0.05) is 0 Å². The summed E-state index contributed by atoms with van der Waals surface area (Å²) in [6, 6.07) is 9.98. The van der Waals surface area contributed by atoms with Gasteiger partial charge in [-0.05, 0) is 31.2 Å². The number of fused-ring (bicyclic) bond motifs is 1. The Balaban J connectivity index is 1.85. The van der Waals surface area contributed by atoms with Gasteiger partial charge in [-0.3, -0.25) is 9.78 Å². The van der Waals surface area contributed by atoms with Crippen molar-refractivity contribution in [3.05, 3.63) is 54.0 Å². The topological polar surface area (TPSA) is 90.7 Å². The summed E-state index contributed by atoms with van der Waals surface area (Å²) in [6.07, 6.45) is 1.49. The lowest BCUT2D eigenvalue weighted by molar-refractivity contribution is 0.0492. The van der Waals surface area contributed by atoms with Crippen LogP contribution >= 0.6 is 0 Å². The van der Waals surface area contributed by atoms with Crippen LogP contribution in [-0.2, 0) is 4.74 Å². The summed E-state index contributed by atoms with van der Waals surface area (Å²) in [5.41, 5.74) is 0.754. The van der Waals surface area contributed by atoms with Crippen molar-refractivity contribution >= 4 is 22.8 Å². The van der Waals surface area contributed by atoms with Crippen LogP contribution < -0.4 is 10.1 Å². The number of furan rings is 1. The lowest BCUT2D eigenvalue weighted by atomic mass is 10.2. The van der Waals surface area contributed by atoms with Gasteiger partial charge in [0.15, 0.2) is 0 Å². The highest BCUT2D eigenvalue weighted by atomic mass is 16.5. The molecular weight excluding hydrogens is 324 g/mol. The van der Waals surface area contributed by atoms with Gasteiger partial charge in [0.25, 0.3) is 5.91 Å². The summed E-state index contributed by atoms with van der Waals surface area (Å²) in [7, 11) is 1.53. The van der Waals surface area contributed by atoms with E-state index < -0.39 is 5.97 Å². The summed E-state index contributed by atoms with van der Waals surface area (Å²) >= 11 is 0. The van der Waals surface area contributed by atoms with E-state index in [2.05, 4.69) is 10.3 Å². The van der Waals surface area contributed by atoms with Crippen molar-refractivity contribution in [1.82, 2.24) is 10.3 Å². The minimum Gasteiger partial charge on any atom is -0.460 e. The van der Waals surface area contributed by atoms with Crippen LogP contribution in [-0.4, -0.2) is 30.5 Å². The molecular formula is C18H16N2O5. The number of nitrogens with one attached hydrogen (secondary N) is 1. The normalized spacial score (nSPS) is 10.5. The first-order valence-electron chi connectivity index (χ1n) is 7.67. The number of rotatable bonds is 5. The number of esters is 1. The third-order valence-corrected chi connectivity index (χ3v) is 3.39. The molecule has 1 amide bonds. The Morgan fingerprint density at radius 1 is 1.16 bits per heavy atom. The van der Waals surface area contributed by atoms with E-state index in [9.17, 15) is 9.59 Å². The average Bonchev–Trinajstić information content (AvgIpc) is 3.05. The lowest BCUT2D eigenvalue weighted by Gasteiger charge is -2.06. The van der Waals surface area contributed by atoms with E-state index in [1.165, 1.54) is 19.3 Å². The van der Waals surface area contributed by atoms with E-state index in [4.69, 9.17) is 13.9 Å². The number of carbonyl (C=O) groups excluding carboxylic acids is 2. The number of pyridine rings is 1. The van der Waals surface area contributed by atoms with Crippen LogP contribution in [0, 0.1) is 0 Å². The maximum absolute atomic E-state index is 11.7. The Morgan fingerprint density at radius 2 is 1.96 bits per heavy atom. The predicted octanol–water partition coefficient (Wildman–Crippen LogP) is 3.16. The number of ether oxygens (including phenoxy) is 2. The van der Waals surface area contributed by atoms with E-state index >= 15 is 0 Å². The SMILES string of the molecule is CCOC(=O)c1cc2ccc(Oc3ccnc(C(=O)NC)c3)cc2o1. The van der Waals surface area contributed by atoms with Crippen LogP contribution in [0.2, 0.25) is 0 Å². The largest absolute Gasteiger partial charge is 0.460 e. The molecule has 1 N–H and O–H groups in total. The second-order valence-electron chi connectivity index (χ2n) is 5.09. The maximum atomic E-state index is 11.7. The Bertz CT molecular complexity index is 932. The first kappa shape index (κ1) is 16.5. The fourth-order valence-electron chi connectivity index (χ4n) is 2.24. The molecule has 0 spiro atoms. The van der Waals surface area contributed by atoms with Gasteiger partial charge in [-0.2, -0.15) is 0 Å². The van der Waals surface area contributed by atoms with Crippen molar-refractivity contribution in [3.8, 4) is 11.5 Å². The number of aromatic nitrogens is 1. The highest BCUT2D eigenvalue weighted by Gasteiger charge is 2.14.